The van der Waals surface area contributed by atoms with Crippen LogP contribution in [-0.2, 0) is 0 Å². The molecule has 23 heavy (non-hydrogen) atoms. The number of hydrogen-bond donors (Lipinski definition) is 0. The Morgan fingerprint density at radius 3 is 1.13 bits per heavy atom. The van der Waals surface area contributed by atoms with E-state index in [9.17, 15) is 0 Å². The molecule has 0 aliphatic heterocycles. The molecule has 138 valence electrons. The van der Waals surface area contributed by atoms with Crippen molar-refractivity contribution in [2.75, 3.05) is 26.2 Å². The lowest BCUT2D eigenvalue weighted by molar-refractivity contribution is -0.929. The van der Waals surface area contributed by atoms with Gasteiger partial charge in [0.25, 0.3) is 0 Å². The molecule has 0 saturated heterocycles. The normalized spacial score (nSPS) is 10.7. The van der Waals surface area contributed by atoms with Gasteiger partial charge in [0.15, 0.2) is 0 Å². The van der Waals surface area contributed by atoms with Crippen molar-refractivity contribution in [1.29, 1.82) is 0 Å². The summed E-state index contributed by atoms with van der Waals surface area (Å²) in [5.74, 6) is 0. The third-order valence-corrected chi connectivity index (χ3v) is 4.40. The first kappa shape index (κ1) is 24.7. The SMILES string of the molecule is C=CC=C(C)C.CCCC[N+](CCCC)(CCCC)CCCC. The smallest absolute Gasteiger partial charge is 0.0786 e. The van der Waals surface area contributed by atoms with Gasteiger partial charge in [0.2, 0.25) is 0 Å². The van der Waals surface area contributed by atoms with Crippen molar-refractivity contribution in [3.8, 4) is 0 Å². The summed E-state index contributed by atoms with van der Waals surface area (Å²) in [6.45, 7) is 22.6. The number of nitrogens with zero attached hydrogens (tertiary/aromatic N) is 1. The molecule has 0 unspecified atom stereocenters. The molecule has 1 heteroatoms. The summed E-state index contributed by atoms with van der Waals surface area (Å²) < 4.78 is 1.42. The number of rotatable bonds is 13. The summed E-state index contributed by atoms with van der Waals surface area (Å²) in [4.78, 5) is 0. The molecular weight excluding hydrogens is 278 g/mol. The quantitative estimate of drug-likeness (QED) is 0.249. The van der Waals surface area contributed by atoms with Crippen molar-refractivity contribution < 1.29 is 4.48 Å². The zero-order valence-electron chi connectivity index (χ0n) is 17.3. The molecule has 0 N–H and O–H groups in total. The van der Waals surface area contributed by atoms with E-state index in [1.165, 1.54) is 87.6 Å². The van der Waals surface area contributed by atoms with Crippen LogP contribution in [0.15, 0.2) is 24.3 Å². The first-order valence-corrected chi connectivity index (χ1v) is 10.1. The Bertz CT molecular complexity index is 236. The molecule has 0 fully saturated rings. The Morgan fingerprint density at radius 1 is 0.696 bits per heavy atom. The average Bonchev–Trinajstić information content (AvgIpc) is 2.54. The predicted octanol–water partition coefficient (Wildman–Crippen LogP) is 7.14. The van der Waals surface area contributed by atoms with Crippen molar-refractivity contribution in [2.24, 2.45) is 0 Å². The summed E-state index contributed by atoms with van der Waals surface area (Å²) in [6.07, 6.45) is 14.8. The molecule has 0 rings (SSSR count). The molecule has 0 spiro atoms. The molecule has 0 amide bonds. The van der Waals surface area contributed by atoms with Gasteiger partial charge >= 0.3 is 0 Å². The fourth-order valence-corrected chi connectivity index (χ4v) is 2.88. The monoisotopic (exact) mass is 324 g/mol. The summed E-state index contributed by atoms with van der Waals surface area (Å²) in [5, 5.41) is 0. The van der Waals surface area contributed by atoms with Crippen LogP contribution >= 0.6 is 0 Å². The molecule has 0 radical (unpaired) electrons. The lowest BCUT2D eigenvalue weighted by atomic mass is 10.1. The fraction of sp³-hybridized carbons (Fsp3) is 0.818. The lowest BCUT2D eigenvalue weighted by Crippen LogP contribution is -2.50. The van der Waals surface area contributed by atoms with E-state index in [2.05, 4.69) is 34.3 Å². The number of hydrogen-bond acceptors (Lipinski definition) is 0. The molecule has 1 nitrogen and oxygen atoms in total. The molecule has 0 aliphatic rings. The van der Waals surface area contributed by atoms with Gasteiger partial charge in [-0.2, -0.15) is 0 Å². The van der Waals surface area contributed by atoms with E-state index < -0.39 is 0 Å². The van der Waals surface area contributed by atoms with Gasteiger partial charge in [-0.1, -0.05) is 77.7 Å². The van der Waals surface area contributed by atoms with E-state index in [1.54, 1.807) is 6.08 Å². The minimum atomic E-state index is 1.30. The zero-order valence-corrected chi connectivity index (χ0v) is 17.3. The van der Waals surface area contributed by atoms with E-state index in [0.29, 0.717) is 0 Å². The maximum absolute atomic E-state index is 3.52. The summed E-state index contributed by atoms with van der Waals surface area (Å²) in [5.41, 5.74) is 1.30. The molecule has 0 aromatic carbocycles. The van der Waals surface area contributed by atoms with E-state index in [0.717, 1.165) is 0 Å². The second kappa shape index (κ2) is 17.8. The van der Waals surface area contributed by atoms with E-state index in [1.807, 2.05) is 19.9 Å². The maximum atomic E-state index is 3.52. The van der Waals surface area contributed by atoms with Crippen LogP contribution in [0.3, 0.4) is 0 Å². The molecular formula is C22H46N+. The highest BCUT2D eigenvalue weighted by Gasteiger charge is 2.24. The third kappa shape index (κ3) is 16.1. The van der Waals surface area contributed by atoms with Gasteiger partial charge in [0, 0.05) is 0 Å². The summed E-state index contributed by atoms with van der Waals surface area (Å²) >= 11 is 0. The highest BCUT2D eigenvalue weighted by Crippen LogP contribution is 2.16. The second-order valence-electron chi connectivity index (χ2n) is 7.13. The minimum absolute atomic E-state index is 1.30. The average molecular weight is 325 g/mol. The molecule has 0 heterocycles. The Balaban J connectivity index is 0. The van der Waals surface area contributed by atoms with E-state index in [-0.39, 0.29) is 0 Å². The largest absolute Gasteiger partial charge is 0.324 e. The van der Waals surface area contributed by atoms with Crippen molar-refractivity contribution in [3.63, 3.8) is 0 Å². The van der Waals surface area contributed by atoms with Gasteiger partial charge < -0.3 is 4.48 Å². The van der Waals surface area contributed by atoms with Crippen LogP contribution in [0.5, 0.6) is 0 Å². The van der Waals surface area contributed by atoms with Crippen LogP contribution in [0.1, 0.15) is 92.9 Å². The molecule has 0 aromatic rings. The first-order chi connectivity index (χ1) is 11.0. The highest BCUT2D eigenvalue weighted by atomic mass is 15.3. The predicted molar refractivity (Wildman–Crippen MR) is 109 cm³/mol. The molecule has 0 bridgehead atoms. The van der Waals surface area contributed by atoms with Crippen LogP contribution < -0.4 is 0 Å². The number of allylic oxidation sites excluding steroid dienone is 3. The van der Waals surface area contributed by atoms with Gasteiger partial charge in [0.05, 0.1) is 26.2 Å². The topological polar surface area (TPSA) is 0 Å². The Hall–Kier alpha value is -0.560. The second-order valence-corrected chi connectivity index (χ2v) is 7.13. The van der Waals surface area contributed by atoms with Crippen LogP contribution in [0.2, 0.25) is 0 Å². The lowest BCUT2D eigenvalue weighted by Gasteiger charge is -2.39. The van der Waals surface area contributed by atoms with Crippen LogP contribution in [0.4, 0.5) is 0 Å². The summed E-state index contributed by atoms with van der Waals surface area (Å²) in [7, 11) is 0. The van der Waals surface area contributed by atoms with Crippen molar-refractivity contribution in [2.45, 2.75) is 92.9 Å². The molecule has 0 saturated carbocycles. The number of quaternary nitrogens is 1. The van der Waals surface area contributed by atoms with Gasteiger partial charge in [0.1, 0.15) is 0 Å². The highest BCUT2D eigenvalue weighted by molar-refractivity contribution is 5.04. The van der Waals surface area contributed by atoms with E-state index >= 15 is 0 Å². The van der Waals surface area contributed by atoms with Gasteiger partial charge in [-0.15, -0.1) is 0 Å². The van der Waals surface area contributed by atoms with E-state index in [4.69, 9.17) is 0 Å². The van der Waals surface area contributed by atoms with Crippen LogP contribution in [0.25, 0.3) is 0 Å². The van der Waals surface area contributed by atoms with Crippen molar-refractivity contribution in [3.05, 3.63) is 24.3 Å². The number of unbranched alkanes of at least 4 members (excludes halogenated alkanes) is 4. The maximum Gasteiger partial charge on any atom is 0.0786 e. The zero-order chi connectivity index (χ0) is 18.0. The molecule has 0 aliphatic carbocycles. The van der Waals surface area contributed by atoms with Gasteiger partial charge in [-0.25, -0.2) is 0 Å². The van der Waals surface area contributed by atoms with Crippen LogP contribution in [-0.4, -0.2) is 30.7 Å². The Labute approximate surface area is 148 Å². The standard InChI is InChI=1S/C16H36N.C6H10/c1-5-9-13-17(14-10-6-2,15-11-7-3)16-12-8-4;1-4-5-6(2)3/h5-16H2,1-4H3;4-5H,1H2,2-3H3/q+1;. The minimum Gasteiger partial charge on any atom is -0.324 e. The molecule has 0 aromatic heterocycles. The third-order valence-electron chi connectivity index (χ3n) is 4.40. The fourth-order valence-electron chi connectivity index (χ4n) is 2.88. The first-order valence-electron chi connectivity index (χ1n) is 10.1. The van der Waals surface area contributed by atoms with Crippen LogP contribution in [0, 0.1) is 0 Å². The van der Waals surface area contributed by atoms with Gasteiger partial charge in [-0.3, -0.25) is 0 Å². The Kier molecular flexibility index (Phi) is 19.1. The molecule has 0 atom stereocenters. The Morgan fingerprint density at radius 2 is 1.00 bits per heavy atom. The van der Waals surface area contributed by atoms with Gasteiger partial charge in [-0.05, 0) is 39.5 Å². The van der Waals surface area contributed by atoms with Crippen molar-refractivity contribution >= 4 is 0 Å². The van der Waals surface area contributed by atoms with Crippen molar-refractivity contribution in [1.82, 2.24) is 0 Å². The summed E-state index contributed by atoms with van der Waals surface area (Å²) in [6, 6.07) is 0.